The number of rotatable bonds is 9. The van der Waals surface area contributed by atoms with E-state index in [0.717, 1.165) is 18.5 Å². The lowest BCUT2D eigenvalue weighted by Crippen LogP contribution is -2.40. The predicted octanol–water partition coefficient (Wildman–Crippen LogP) is 1.68. The number of hydrogen-bond donors (Lipinski definition) is 1. The van der Waals surface area contributed by atoms with E-state index in [-0.39, 0.29) is 0 Å². The Kier molecular flexibility index (Phi) is 7.31. The number of nitrogens with zero attached hydrogens (tertiary/aromatic N) is 2. The Labute approximate surface area is 129 Å². The summed E-state index contributed by atoms with van der Waals surface area (Å²) in [6.07, 6.45) is 0.799. The van der Waals surface area contributed by atoms with E-state index < -0.39 is 10.2 Å². The summed E-state index contributed by atoms with van der Waals surface area (Å²) >= 11 is 0. The molecular weight excluding hydrogens is 286 g/mol. The molecule has 1 N–H and O–H groups in total. The van der Waals surface area contributed by atoms with Gasteiger partial charge in [-0.05, 0) is 18.5 Å². The maximum atomic E-state index is 12.4. The molecule has 0 fully saturated rings. The van der Waals surface area contributed by atoms with Crippen molar-refractivity contribution in [3.8, 4) is 0 Å². The average Bonchev–Trinajstić information content (AvgIpc) is 2.44. The standard InChI is InChI=1S/C15H27N3O2S/c1-14(2)16-11-8-12-17(3)21(19,20)18(4)13-15-9-6-5-7-10-15/h5-7,9-10,14,16H,8,11-13H2,1-4H3. The highest BCUT2D eigenvalue weighted by Crippen LogP contribution is 2.10. The van der Waals surface area contributed by atoms with E-state index in [9.17, 15) is 8.42 Å². The van der Waals surface area contributed by atoms with Crippen LogP contribution >= 0.6 is 0 Å². The summed E-state index contributed by atoms with van der Waals surface area (Å²) in [5, 5.41) is 3.29. The van der Waals surface area contributed by atoms with Crippen LogP contribution in [0.2, 0.25) is 0 Å². The maximum absolute atomic E-state index is 12.4. The minimum atomic E-state index is -3.40. The third-order valence-corrected chi connectivity index (χ3v) is 5.13. The van der Waals surface area contributed by atoms with Crippen LogP contribution in [-0.4, -0.2) is 50.3 Å². The largest absolute Gasteiger partial charge is 0.314 e. The van der Waals surface area contributed by atoms with Gasteiger partial charge >= 0.3 is 0 Å². The summed E-state index contributed by atoms with van der Waals surface area (Å²) in [5.41, 5.74) is 0.985. The van der Waals surface area contributed by atoms with Crippen molar-refractivity contribution in [2.75, 3.05) is 27.2 Å². The van der Waals surface area contributed by atoms with Crippen LogP contribution in [0.4, 0.5) is 0 Å². The molecule has 0 unspecified atom stereocenters. The quantitative estimate of drug-likeness (QED) is 0.706. The van der Waals surface area contributed by atoms with Gasteiger partial charge in [-0.15, -0.1) is 0 Å². The van der Waals surface area contributed by atoms with Crippen molar-refractivity contribution in [3.05, 3.63) is 35.9 Å². The first-order chi connectivity index (χ1) is 9.84. The Morgan fingerprint density at radius 3 is 2.29 bits per heavy atom. The van der Waals surface area contributed by atoms with Gasteiger partial charge in [-0.3, -0.25) is 0 Å². The molecule has 1 aromatic carbocycles. The van der Waals surface area contributed by atoms with Crippen LogP contribution < -0.4 is 5.32 Å². The second-order valence-corrected chi connectivity index (χ2v) is 7.68. The van der Waals surface area contributed by atoms with E-state index in [4.69, 9.17) is 0 Å². The molecule has 21 heavy (non-hydrogen) atoms. The van der Waals surface area contributed by atoms with Gasteiger partial charge in [0.25, 0.3) is 10.2 Å². The van der Waals surface area contributed by atoms with Crippen LogP contribution in [0, 0.1) is 0 Å². The van der Waals surface area contributed by atoms with Crippen LogP contribution in [0.3, 0.4) is 0 Å². The van der Waals surface area contributed by atoms with Gasteiger partial charge < -0.3 is 5.32 Å². The summed E-state index contributed by atoms with van der Waals surface area (Å²) in [6.45, 7) is 5.88. The lowest BCUT2D eigenvalue weighted by molar-refractivity contribution is 0.382. The van der Waals surface area contributed by atoms with Crippen LogP contribution in [0.15, 0.2) is 30.3 Å². The van der Waals surface area contributed by atoms with Crippen molar-refractivity contribution in [3.63, 3.8) is 0 Å². The van der Waals surface area contributed by atoms with E-state index in [1.54, 1.807) is 14.1 Å². The summed E-state index contributed by atoms with van der Waals surface area (Å²) in [4.78, 5) is 0. The Morgan fingerprint density at radius 2 is 1.71 bits per heavy atom. The zero-order valence-electron chi connectivity index (χ0n) is 13.4. The van der Waals surface area contributed by atoms with Gasteiger partial charge in [0.1, 0.15) is 0 Å². The van der Waals surface area contributed by atoms with E-state index in [1.807, 2.05) is 30.3 Å². The summed E-state index contributed by atoms with van der Waals surface area (Å²) in [5.74, 6) is 0. The summed E-state index contributed by atoms with van der Waals surface area (Å²) in [6, 6.07) is 10.0. The van der Waals surface area contributed by atoms with Gasteiger partial charge in [0.2, 0.25) is 0 Å². The van der Waals surface area contributed by atoms with Crippen molar-refractivity contribution in [1.82, 2.24) is 13.9 Å². The first-order valence-electron chi connectivity index (χ1n) is 7.29. The Morgan fingerprint density at radius 1 is 1.10 bits per heavy atom. The molecule has 6 heteroatoms. The molecule has 0 radical (unpaired) electrons. The highest BCUT2D eigenvalue weighted by Gasteiger charge is 2.23. The molecule has 0 spiro atoms. The predicted molar refractivity (Wildman–Crippen MR) is 87.2 cm³/mol. The fourth-order valence-corrected chi connectivity index (χ4v) is 3.12. The van der Waals surface area contributed by atoms with E-state index >= 15 is 0 Å². The molecule has 0 amide bonds. The van der Waals surface area contributed by atoms with Crippen molar-refractivity contribution in [2.45, 2.75) is 32.9 Å². The van der Waals surface area contributed by atoms with Crippen molar-refractivity contribution in [1.29, 1.82) is 0 Å². The first kappa shape index (κ1) is 18.1. The fraction of sp³-hybridized carbons (Fsp3) is 0.600. The second-order valence-electron chi connectivity index (χ2n) is 5.53. The third-order valence-electron chi connectivity index (χ3n) is 3.24. The fourth-order valence-electron chi connectivity index (χ4n) is 1.97. The van der Waals surface area contributed by atoms with E-state index in [1.165, 1.54) is 8.61 Å². The first-order valence-corrected chi connectivity index (χ1v) is 8.68. The second kappa shape index (κ2) is 8.48. The molecule has 0 aliphatic rings. The number of nitrogens with one attached hydrogen (secondary N) is 1. The number of hydrogen-bond acceptors (Lipinski definition) is 3. The molecule has 0 saturated carbocycles. The molecule has 0 saturated heterocycles. The molecule has 5 nitrogen and oxygen atoms in total. The average molecular weight is 313 g/mol. The van der Waals surface area contributed by atoms with Crippen LogP contribution in [0.1, 0.15) is 25.8 Å². The minimum absolute atomic E-state index is 0.387. The molecule has 0 heterocycles. The molecule has 1 aromatic rings. The van der Waals surface area contributed by atoms with Crippen LogP contribution in [-0.2, 0) is 16.8 Å². The summed E-state index contributed by atoms with van der Waals surface area (Å²) < 4.78 is 27.6. The number of benzene rings is 1. The lowest BCUT2D eigenvalue weighted by atomic mass is 10.2. The maximum Gasteiger partial charge on any atom is 0.281 e. The van der Waals surface area contributed by atoms with E-state index in [0.29, 0.717) is 19.1 Å². The van der Waals surface area contributed by atoms with Crippen LogP contribution in [0.5, 0.6) is 0 Å². The van der Waals surface area contributed by atoms with Gasteiger partial charge in [0.15, 0.2) is 0 Å². The van der Waals surface area contributed by atoms with E-state index in [2.05, 4.69) is 19.2 Å². The minimum Gasteiger partial charge on any atom is -0.314 e. The monoisotopic (exact) mass is 313 g/mol. The lowest BCUT2D eigenvalue weighted by Gasteiger charge is -2.24. The molecular formula is C15H27N3O2S. The molecule has 0 bridgehead atoms. The van der Waals surface area contributed by atoms with Gasteiger partial charge in [-0.2, -0.15) is 17.0 Å². The molecule has 0 aliphatic heterocycles. The zero-order valence-corrected chi connectivity index (χ0v) is 14.2. The van der Waals surface area contributed by atoms with Gasteiger partial charge in [-0.1, -0.05) is 44.2 Å². The zero-order chi connectivity index (χ0) is 15.9. The van der Waals surface area contributed by atoms with Crippen LogP contribution in [0.25, 0.3) is 0 Å². The smallest absolute Gasteiger partial charge is 0.281 e. The van der Waals surface area contributed by atoms with Crippen molar-refractivity contribution < 1.29 is 8.42 Å². The van der Waals surface area contributed by atoms with Gasteiger partial charge in [0.05, 0.1) is 0 Å². The van der Waals surface area contributed by atoms with Crippen molar-refractivity contribution >= 4 is 10.2 Å². The Balaban J connectivity index is 2.50. The molecule has 0 atom stereocenters. The SMILES string of the molecule is CC(C)NCCCN(C)S(=O)(=O)N(C)Cc1ccccc1. The highest BCUT2D eigenvalue weighted by molar-refractivity contribution is 7.86. The molecule has 120 valence electrons. The third kappa shape index (κ3) is 6.13. The highest BCUT2D eigenvalue weighted by atomic mass is 32.2. The van der Waals surface area contributed by atoms with Gasteiger partial charge in [0, 0.05) is 33.2 Å². The normalized spacial score (nSPS) is 12.5. The Bertz CT molecular complexity index is 503. The topological polar surface area (TPSA) is 52.7 Å². The molecule has 0 aromatic heterocycles. The van der Waals surface area contributed by atoms with Gasteiger partial charge in [-0.25, -0.2) is 0 Å². The Hall–Kier alpha value is -0.950. The summed E-state index contributed by atoms with van der Waals surface area (Å²) in [7, 11) is -0.152. The molecule has 0 aliphatic carbocycles. The molecule has 1 rings (SSSR count). The van der Waals surface area contributed by atoms with Crippen molar-refractivity contribution in [2.24, 2.45) is 0 Å².